The van der Waals surface area contributed by atoms with Crippen molar-refractivity contribution in [1.82, 2.24) is 0 Å². The van der Waals surface area contributed by atoms with Crippen molar-refractivity contribution in [3.63, 3.8) is 0 Å². The normalized spacial score (nSPS) is 12.7. The molecule has 0 aromatic carbocycles. The highest BCUT2D eigenvalue weighted by Crippen LogP contribution is 2.42. The number of ether oxygens (including phenoxy) is 1. The molecule has 0 N–H and O–H groups in total. The number of carbonyl (C=O) groups is 1. The molecule has 0 fully saturated rings. The highest BCUT2D eigenvalue weighted by Gasteiger charge is 2.43. The molecule has 0 atom stereocenters. The van der Waals surface area contributed by atoms with Crippen LogP contribution >= 0.6 is 0 Å². The molecule has 0 saturated carbocycles. The van der Waals surface area contributed by atoms with Crippen molar-refractivity contribution < 1.29 is 9.53 Å². The van der Waals surface area contributed by atoms with Gasteiger partial charge in [-0.3, -0.25) is 4.79 Å². The lowest BCUT2D eigenvalue weighted by atomic mass is 9.65. The summed E-state index contributed by atoms with van der Waals surface area (Å²) in [6.45, 7) is 12.7. The molecule has 2 heteroatoms. The van der Waals surface area contributed by atoms with Crippen LogP contribution in [0.3, 0.4) is 0 Å². The Balaban J connectivity index is 4.65. The van der Waals surface area contributed by atoms with Crippen LogP contribution in [0.2, 0.25) is 0 Å². The van der Waals surface area contributed by atoms with Gasteiger partial charge in [0.25, 0.3) is 0 Å². The number of hydrogen-bond donors (Lipinski definition) is 0. The van der Waals surface area contributed by atoms with Gasteiger partial charge in [-0.15, -0.1) is 0 Å². The monoisotopic (exact) mass is 200 g/mol. The lowest BCUT2D eigenvalue weighted by molar-refractivity contribution is -0.160. The highest BCUT2D eigenvalue weighted by atomic mass is 16.5. The van der Waals surface area contributed by atoms with E-state index >= 15 is 0 Å². The summed E-state index contributed by atoms with van der Waals surface area (Å²) in [5.41, 5.74) is -0.410. The number of esters is 1. The number of hydrogen-bond acceptors (Lipinski definition) is 2. The molecule has 0 aliphatic heterocycles. The molecule has 0 bridgehead atoms. The van der Waals surface area contributed by atoms with Crippen molar-refractivity contribution in [2.24, 2.45) is 10.8 Å². The van der Waals surface area contributed by atoms with Gasteiger partial charge in [-0.25, -0.2) is 0 Å². The molecule has 0 aliphatic carbocycles. The van der Waals surface area contributed by atoms with Gasteiger partial charge in [0.1, 0.15) is 0 Å². The molecular formula is C12H24O2. The van der Waals surface area contributed by atoms with Crippen LogP contribution in [0, 0.1) is 10.8 Å². The maximum absolute atomic E-state index is 11.8. The first-order valence-electron chi connectivity index (χ1n) is 5.46. The second-order valence-corrected chi connectivity index (χ2v) is 4.98. The van der Waals surface area contributed by atoms with Gasteiger partial charge in [0.05, 0.1) is 12.0 Å². The third kappa shape index (κ3) is 2.73. The minimum Gasteiger partial charge on any atom is -0.466 e. The van der Waals surface area contributed by atoms with Crippen molar-refractivity contribution in [1.29, 1.82) is 0 Å². The topological polar surface area (TPSA) is 26.3 Å². The zero-order valence-corrected chi connectivity index (χ0v) is 10.4. The van der Waals surface area contributed by atoms with Gasteiger partial charge in [-0.05, 0) is 32.6 Å². The zero-order valence-electron chi connectivity index (χ0n) is 10.4. The van der Waals surface area contributed by atoms with Crippen LogP contribution < -0.4 is 0 Å². The lowest BCUT2D eigenvalue weighted by Crippen LogP contribution is -2.40. The fourth-order valence-electron chi connectivity index (χ4n) is 1.53. The maximum atomic E-state index is 11.8. The number of carbonyl (C=O) groups excluding carboxylic acids is 1. The van der Waals surface area contributed by atoms with E-state index in [2.05, 4.69) is 20.8 Å². The standard InChI is InChI=1S/C12H24O2/c1-7-9-11(3,4)12(5,6)10(13)14-8-2/h7-9H2,1-6H3. The van der Waals surface area contributed by atoms with E-state index in [4.69, 9.17) is 4.74 Å². The highest BCUT2D eigenvalue weighted by molar-refractivity contribution is 5.76. The molecule has 0 aromatic heterocycles. The van der Waals surface area contributed by atoms with Crippen LogP contribution in [0.4, 0.5) is 0 Å². The molecule has 0 aliphatic rings. The summed E-state index contributed by atoms with van der Waals surface area (Å²) in [4.78, 5) is 11.8. The summed E-state index contributed by atoms with van der Waals surface area (Å²) in [5, 5.41) is 0. The third-order valence-corrected chi connectivity index (χ3v) is 3.35. The van der Waals surface area contributed by atoms with E-state index in [9.17, 15) is 4.79 Å². The molecule has 0 heterocycles. The van der Waals surface area contributed by atoms with Gasteiger partial charge in [0.15, 0.2) is 0 Å². The summed E-state index contributed by atoms with van der Waals surface area (Å²) in [6.07, 6.45) is 2.13. The van der Waals surface area contributed by atoms with Crippen molar-refractivity contribution in [3.8, 4) is 0 Å². The van der Waals surface area contributed by atoms with E-state index in [-0.39, 0.29) is 11.4 Å². The number of rotatable bonds is 5. The minimum absolute atomic E-state index is 0.00595. The lowest BCUT2D eigenvalue weighted by Gasteiger charge is -2.39. The first-order chi connectivity index (χ1) is 6.29. The van der Waals surface area contributed by atoms with Gasteiger partial charge in [-0.1, -0.05) is 27.2 Å². The zero-order chi connectivity index (χ0) is 11.4. The van der Waals surface area contributed by atoms with E-state index in [0.29, 0.717) is 6.61 Å². The van der Waals surface area contributed by atoms with Crippen molar-refractivity contribution in [3.05, 3.63) is 0 Å². The molecule has 2 nitrogen and oxygen atoms in total. The van der Waals surface area contributed by atoms with E-state index in [1.165, 1.54) is 0 Å². The Morgan fingerprint density at radius 3 is 2.00 bits per heavy atom. The average Bonchev–Trinajstić information content (AvgIpc) is 2.04. The quantitative estimate of drug-likeness (QED) is 0.636. The van der Waals surface area contributed by atoms with E-state index in [0.717, 1.165) is 12.8 Å². The Labute approximate surface area is 88.0 Å². The van der Waals surface area contributed by atoms with E-state index < -0.39 is 5.41 Å². The van der Waals surface area contributed by atoms with Gasteiger partial charge in [0.2, 0.25) is 0 Å². The van der Waals surface area contributed by atoms with Crippen LogP contribution in [0.15, 0.2) is 0 Å². The summed E-state index contributed by atoms with van der Waals surface area (Å²) in [5.74, 6) is -0.0848. The summed E-state index contributed by atoms with van der Waals surface area (Å²) >= 11 is 0. The van der Waals surface area contributed by atoms with Gasteiger partial charge < -0.3 is 4.74 Å². The maximum Gasteiger partial charge on any atom is 0.312 e. The second kappa shape index (κ2) is 4.81. The molecule has 0 aromatic rings. The van der Waals surface area contributed by atoms with Crippen LogP contribution in [0.5, 0.6) is 0 Å². The fraction of sp³-hybridized carbons (Fsp3) is 0.917. The average molecular weight is 200 g/mol. The Morgan fingerprint density at radius 1 is 1.14 bits per heavy atom. The van der Waals surface area contributed by atoms with E-state index in [1.807, 2.05) is 20.8 Å². The molecule has 84 valence electrons. The van der Waals surface area contributed by atoms with Gasteiger partial charge in [-0.2, -0.15) is 0 Å². The van der Waals surface area contributed by atoms with Crippen LogP contribution in [0.25, 0.3) is 0 Å². The van der Waals surface area contributed by atoms with Crippen LogP contribution in [-0.4, -0.2) is 12.6 Å². The molecule has 0 saturated heterocycles. The van der Waals surface area contributed by atoms with Gasteiger partial charge in [0, 0.05) is 0 Å². The fourth-order valence-corrected chi connectivity index (χ4v) is 1.53. The molecule has 0 amide bonds. The Kier molecular flexibility index (Phi) is 4.63. The minimum atomic E-state index is -0.404. The Bertz CT molecular complexity index is 192. The SMILES string of the molecule is CCCC(C)(C)C(C)(C)C(=O)OCC. The summed E-state index contributed by atoms with van der Waals surface area (Å²) < 4.78 is 5.10. The molecular weight excluding hydrogens is 176 g/mol. The molecule has 0 rings (SSSR count). The van der Waals surface area contributed by atoms with Crippen molar-refractivity contribution >= 4 is 5.97 Å². The van der Waals surface area contributed by atoms with E-state index in [1.54, 1.807) is 0 Å². The van der Waals surface area contributed by atoms with Crippen LogP contribution in [0.1, 0.15) is 54.4 Å². The molecule has 0 radical (unpaired) electrons. The second-order valence-electron chi connectivity index (χ2n) is 4.98. The third-order valence-electron chi connectivity index (χ3n) is 3.35. The first kappa shape index (κ1) is 13.5. The van der Waals surface area contributed by atoms with Crippen molar-refractivity contribution in [2.75, 3.05) is 6.61 Å². The predicted octanol–water partition coefficient (Wildman–Crippen LogP) is 3.40. The Hall–Kier alpha value is -0.530. The van der Waals surface area contributed by atoms with Crippen molar-refractivity contribution in [2.45, 2.75) is 54.4 Å². The van der Waals surface area contributed by atoms with Crippen LogP contribution in [-0.2, 0) is 9.53 Å². The molecule has 0 spiro atoms. The smallest absolute Gasteiger partial charge is 0.312 e. The first-order valence-corrected chi connectivity index (χ1v) is 5.46. The summed E-state index contributed by atoms with van der Waals surface area (Å²) in [6, 6.07) is 0. The predicted molar refractivity (Wildman–Crippen MR) is 59.1 cm³/mol. The van der Waals surface area contributed by atoms with Gasteiger partial charge >= 0.3 is 5.97 Å². The molecule has 14 heavy (non-hydrogen) atoms. The Morgan fingerprint density at radius 2 is 1.64 bits per heavy atom. The molecule has 0 unspecified atom stereocenters. The summed E-state index contributed by atoms with van der Waals surface area (Å²) in [7, 11) is 0. The largest absolute Gasteiger partial charge is 0.466 e.